The molecule has 2 heterocycles. The molecule has 0 saturated carbocycles. The predicted molar refractivity (Wildman–Crippen MR) is 78.1 cm³/mol. The van der Waals surface area contributed by atoms with Crippen molar-refractivity contribution >= 4 is 15.5 Å². The van der Waals surface area contributed by atoms with Crippen LogP contribution in [0.4, 0.5) is 5.69 Å². The number of aromatic nitrogens is 2. The minimum atomic E-state index is -3.01. The van der Waals surface area contributed by atoms with Crippen LogP contribution in [0.15, 0.2) is 16.7 Å². The van der Waals surface area contributed by atoms with E-state index >= 15 is 0 Å². The van der Waals surface area contributed by atoms with Gasteiger partial charge in [0.2, 0.25) is 0 Å². The standard InChI is InChI=1S/C13H19N3O3S/c1-4-20(17,18)6-5-16-8-12(14)13(15-16)11-7-9(2)19-10(11)3/h7-8H,4-6,14H2,1-3H3. The van der Waals surface area contributed by atoms with Gasteiger partial charge in [0.1, 0.15) is 17.2 Å². The van der Waals surface area contributed by atoms with Crippen LogP contribution in [0.5, 0.6) is 0 Å². The molecule has 0 unspecified atom stereocenters. The van der Waals surface area contributed by atoms with Gasteiger partial charge in [-0.2, -0.15) is 5.10 Å². The van der Waals surface area contributed by atoms with Crippen LogP contribution >= 0.6 is 0 Å². The Morgan fingerprint density at radius 3 is 2.65 bits per heavy atom. The third-order valence-electron chi connectivity index (χ3n) is 3.16. The molecule has 0 aliphatic carbocycles. The van der Waals surface area contributed by atoms with Crippen LogP contribution in [0.3, 0.4) is 0 Å². The maximum Gasteiger partial charge on any atom is 0.151 e. The second kappa shape index (κ2) is 5.32. The summed E-state index contributed by atoms with van der Waals surface area (Å²) in [6.07, 6.45) is 1.66. The van der Waals surface area contributed by atoms with E-state index in [1.54, 1.807) is 17.8 Å². The fraction of sp³-hybridized carbons (Fsp3) is 0.462. The molecule has 0 spiro atoms. The highest BCUT2D eigenvalue weighted by Gasteiger charge is 2.15. The van der Waals surface area contributed by atoms with Crippen LogP contribution in [0.1, 0.15) is 18.4 Å². The molecule has 2 N–H and O–H groups in total. The second-order valence-corrected chi connectivity index (χ2v) is 7.23. The lowest BCUT2D eigenvalue weighted by Crippen LogP contribution is -2.14. The summed E-state index contributed by atoms with van der Waals surface area (Å²) in [5, 5.41) is 4.36. The average molecular weight is 297 g/mol. The summed E-state index contributed by atoms with van der Waals surface area (Å²) >= 11 is 0. The Kier molecular flexibility index (Phi) is 3.89. The number of hydrogen-bond acceptors (Lipinski definition) is 5. The molecule has 0 aliphatic heterocycles. The number of nitrogen functional groups attached to an aromatic ring is 1. The first-order valence-corrected chi connectivity index (χ1v) is 8.25. The predicted octanol–water partition coefficient (Wildman–Crippen LogP) is 1.78. The Labute approximate surface area is 118 Å². The summed E-state index contributed by atoms with van der Waals surface area (Å²) in [7, 11) is -3.01. The molecule has 0 fully saturated rings. The normalized spacial score (nSPS) is 11.9. The lowest BCUT2D eigenvalue weighted by atomic mass is 10.1. The number of rotatable bonds is 5. The van der Waals surface area contributed by atoms with E-state index in [-0.39, 0.29) is 11.5 Å². The summed E-state index contributed by atoms with van der Waals surface area (Å²) in [6.45, 7) is 5.64. The Morgan fingerprint density at radius 2 is 2.10 bits per heavy atom. The maximum absolute atomic E-state index is 11.5. The topological polar surface area (TPSA) is 91.1 Å². The summed E-state index contributed by atoms with van der Waals surface area (Å²) in [5.41, 5.74) is 7.94. The van der Waals surface area contributed by atoms with Gasteiger partial charge in [-0.15, -0.1) is 0 Å². The largest absolute Gasteiger partial charge is 0.466 e. The zero-order chi connectivity index (χ0) is 14.9. The van der Waals surface area contributed by atoms with Gasteiger partial charge in [0.15, 0.2) is 9.84 Å². The molecule has 0 amide bonds. The van der Waals surface area contributed by atoms with Gasteiger partial charge in [-0.25, -0.2) is 8.42 Å². The molecular weight excluding hydrogens is 278 g/mol. The van der Waals surface area contributed by atoms with Crippen LogP contribution in [0.25, 0.3) is 11.3 Å². The van der Waals surface area contributed by atoms with E-state index in [1.807, 2.05) is 19.9 Å². The van der Waals surface area contributed by atoms with Crippen molar-refractivity contribution < 1.29 is 12.8 Å². The first-order chi connectivity index (χ1) is 9.32. The molecule has 0 atom stereocenters. The third kappa shape index (κ3) is 3.04. The van der Waals surface area contributed by atoms with Gasteiger partial charge >= 0.3 is 0 Å². The van der Waals surface area contributed by atoms with Crippen molar-refractivity contribution in [3.63, 3.8) is 0 Å². The number of furan rings is 1. The summed E-state index contributed by atoms with van der Waals surface area (Å²) < 4.78 is 30.0. The molecule has 0 bridgehead atoms. The first kappa shape index (κ1) is 14.6. The molecule has 0 aliphatic rings. The van der Waals surface area contributed by atoms with Gasteiger partial charge in [-0.1, -0.05) is 6.92 Å². The minimum absolute atomic E-state index is 0.0630. The van der Waals surface area contributed by atoms with Crippen molar-refractivity contribution in [2.45, 2.75) is 27.3 Å². The van der Waals surface area contributed by atoms with Crippen LogP contribution < -0.4 is 5.73 Å². The highest BCUT2D eigenvalue weighted by molar-refractivity contribution is 7.91. The van der Waals surface area contributed by atoms with E-state index in [1.165, 1.54) is 0 Å². The van der Waals surface area contributed by atoms with E-state index in [2.05, 4.69) is 5.10 Å². The molecule has 0 saturated heterocycles. The Hall–Kier alpha value is -1.76. The van der Waals surface area contributed by atoms with Crippen LogP contribution in [-0.2, 0) is 16.4 Å². The second-order valence-electron chi connectivity index (χ2n) is 4.76. The number of nitrogens with two attached hydrogens (primary N) is 1. The van der Waals surface area contributed by atoms with Gasteiger partial charge in [-0.05, 0) is 19.9 Å². The number of nitrogens with zero attached hydrogens (tertiary/aromatic N) is 2. The van der Waals surface area contributed by atoms with E-state index in [4.69, 9.17) is 10.2 Å². The van der Waals surface area contributed by atoms with E-state index in [0.717, 1.165) is 17.1 Å². The molecule has 2 rings (SSSR count). The zero-order valence-corrected chi connectivity index (χ0v) is 12.7. The molecular formula is C13H19N3O3S. The van der Waals surface area contributed by atoms with Gasteiger partial charge in [-0.3, -0.25) is 4.68 Å². The minimum Gasteiger partial charge on any atom is -0.466 e. The summed E-state index contributed by atoms with van der Waals surface area (Å²) in [6, 6.07) is 1.88. The smallest absolute Gasteiger partial charge is 0.151 e. The number of anilines is 1. The highest BCUT2D eigenvalue weighted by Crippen LogP contribution is 2.29. The molecule has 110 valence electrons. The quantitative estimate of drug-likeness (QED) is 0.908. The van der Waals surface area contributed by atoms with Crippen LogP contribution in [0, 0.1) is 13.8 Å². The first-order valence-electron chi connectivity index (χ1n) is 6.43. The highest BCUT2D eigenvalue weighted by atomic mass is 32.2. The lowest BCUT2D eigenvalue weighted by molar-refractivity contribution is 0.505. The van der Waals surface area contributed by atoms with Crippen molar-refractivity contribution in [3.05, 3.63) is 23.8 Å². The molecule has 20 heavy (non-hydrogen) atoms. The van der Waals surface area contributed by atoms with Crippen LogP contribution in [-0.4, -0.2) is 29.7 Å². The zero-order valence-electron chi connectivity index (χ0n) is 11.9. The Balaban J connectivity index is 2.24. The monoisotopic (exact) mass is 297 g/mol. The fourth-order valence-electron chi connectivity index (χ4n) is 2.00. The molecule has 0 aromatic carbocycles. The van der Waals surface area contributed by atoms with E-state index in [9.17, 15) is 8.42 Å². The average Bonchev–Trinajstić information content (AvgIpc) is 2.89. The van der Waals surface area contributed by atoms with E-state index < -0.39 is 9.84 Å². The SMILES string of the molecule is CCS(=O)(=O)CCn1cc(N)c(-c2cc(C)oc2C)n1. The van der Waals surface area contributed by atoms with Gasteiger partial charge in [0.25, 0.3) is 0 Å². The number of sulfone groups is 1. The Bertz CT molecular complexity index is 713. The molecule has 2 aromatic heterocycles. The van der Waals surface area contributed by atoms with Gasteiger partial charge < -0.3 is 10.2 Å². The molecule has 6 nitrogen and oxygen atoms in total. The number of aryl methyl sites for hydroxylation is 3. The third-order valence-corrected chi connectivity index (χ3v) is 4.84. The fourth-order valence-corrected chi connectivity index (χ4v) is 2.76. The molecule has 2 aromatic rings. The van der Waals surface area contributed by atoms with Gasteiger partial charge in [0, 0.05) is 17.5 Å². The Morgan fingerprint density at radius 1 is 1.40 bits per heavy atom. The summed E-state index contributed by atoms with van der Waals surface area (Å²) in [4.78, 5) is 0. The molecule has 7 heteroatoms. The van der Waals surface area contributed by atoms with E-state index in [0.29, 0.717) is 17.9 Å². The number of hydrogen-bond donors (Lipinski definition) is 1. The lowest BCUT2D eigenvalue weighted by Gasteiger charge is -2.01. The van der Waals surface area contributed by atoms with Crippen molar-refractivity contribution in [2.75, 3.05) is 17.2 Å². The maximum atomic E-state index is 11.5. The van der Waals surface area contributed by atoms with Crippen LogP contribution in [0.2, 0.25) is 0 Å². The molecule has 0 radical (unpaired) electrons. The summed E-state index contributed by atoms with van der Waals surface area (Å²) in [5.74, 6) is 1.74. The van der Waals surface area contributed by atoms with Crippen molar-refractivity contribution in [1.82, 2.24) is 9.78 Å². The van der Waals surface area contributed by atoms with Crippen molar-refractivity contribution in [1.29, 1.82) is 0 Å². The van der Waals surface area contributed by atoms with Crippen molar-refractivity contribution in [3.8, 4) is 11.3 Å². The van der Waals surface area contributed by atoms with Gasteiger partial charge in [0.05, 0.1) is 18.0 Å². The van der Waals surface area contributed by atoms with Crippen molar-refractivity contribution in [2.24, 2.45) is 0 Å².